The van der Waals surface area contributed by atoms with E-state index in [2.05, 4.69) is 5.10 Å². The van der Waals surface area contributed by atoms with Crippen LogP contribution in [-0.4, -0.2) is 39.4 Å². The molecular weight excluding hydrogens is 351 g/mol. The molecule has 1 amide bonds. The van der Waals surface area contributed by atoms with E-state index in [-0.39, 0.29) is 18.2 Å². The van der Waals surface area contributed by atoms with Crippen molar-refractivity contribution in [2.45, 2.75) is 30.0 Å². The van der Waals surface area contributed by atoms with Crippen molar-refractivity contribution in [3.63, 3.8) is 0 Å². The number of rotatable bonds is 4. The molecule has 25 heavy (non-hydrogen) atoms. The molecule has 0 N–H and O–H groups in total. The molecule has 0 spiro atoms. The molecule has 0 unspecified atom stereocenters. The van der Waals surface area contributed by atoms with E-state index in [9.17, 15) is 18.0 Å². The average Bonchev–Trinajstić information content (AvgIpc) is 3.11. The van der Waals surface area contributed by atoms with Gasteiger partial charge in [0.1, 0.15) is 5.69 Å². The zero-order valence-electron chi connectivity index (χ0n) is 13.4. The summed E-state index contributed by atoms with van der Waals surface area (Å²) in [4.78, 5) is 15.1. The quantitative estimate of drug-likeness (QED) is 0.768. The van der Waals surface area contributed by atoms with Crippen molar-refractivity contribution in [2.75, 3.05) is 18.8 Å². The maximum atomic E-state index is 13.1. The van der Waals surface area contributed by atoms with Gasteiger partial charge in [-0.05, 0) is 31.0 Å². The number of carbonyl (C=O) groups is 1. The van der Waals surface area contributed by atoms with Crippen LogP contribution in [0.25, 0.3) is 0 Å². The van der Waals surface area contributed by atoms with Crippen molar-refractivity contribution in [3.05, 3.63) is 48.3 Å². The Balaban J connectivity index is 1.63. The van der Waals surface area contributed by atoms with Crippen LogP contribution in [0.4, 0.5) is 13.2 Å². The number of alkyl halides is 3. The smallest absolute Gasteiger partial charge is 0.340 e. The van der Waals surface area contributed by atoms with Crippen LogP contribution >= 0.6 is 11.8 Å². The number of likely N-dealkylation sites (tertiary alicyclic amines) is 1. The van der Waals surface area contributed by atoms with E-state index in [0.717, 1.165) is 21.8 Å². The predicted molar refractivity (Wildman–Crippen MR) is 89.2 cm³/mol. The minimum atomic E-state index is -4.44. The van der Waals surface area contributed by atoms with Gasteiger partial charge in [0.05, 0.1) is 11.8 Å². The van der Waals surface area contributed by atoms with E-state index >= 15 is 0 Å². The molecule has 8 heteroatoms. The van der Waals surface area contributed by atoms with Gasteiger partial charge in [0, 0.05) is 24.2 Å². The summed E-state index contributed by atoms with van der Waals surface area (Å²) in [5, 5.41) is 3.85. The van der Waals surface area contributed by atoms with Crippen LogP contribution in [0, 0.1) is 0 Å². The lowest BCUT2D eigenvalue weighted by molar-refractivity contribution is -0.145. The second kappa shape index (κ2) is 7.51. The molecule has 4 nitrogen and oxygen atoms in total. The molecule has 2 aromatic rings. The molecule has 2 heterocycles. The Kier molecular flexibility index (Phi) is 5.36. The lowest BCUT2D eigenvalue weighted by Crippen LogP contribution is -2.42. The van der Waals surface area contributed by atoms with E-state index in [1.54, 1.807) is 4.90 Å². The largest absolute Gasteiger partial charge is 0.433 e. The molecule has 0 bridgehead atoms. The normalized spacial score (nSPS) is 18.4. The van der Waals surface area contributed by atoms with Gasteiger partial charge in [-0.3, -0.25) is 9.48 Å². The highest BCUT2D eigenvalue weighted by Crippen LogP contribution is 2.33. The van der Waals surface area contributed by atoms with Crippen LogP contribution in [0.5, 0.6) is 0 Å². The molecular formula is C17H18F3N3OS. The third kappa shape index (κ3) is 4.36. The van der Waals surface area contributed by atoms with Crippen molar-refractivity contribution >= 4 is 17.7 Å². The number of hydrogen-bond acceptors (Lipinski definition) is 3. The summed E-state index contributed by atoms with van der Waals surface area (Å²) < 4.78 is 40.2. The van der Waals surface area contributed by atoms with Crippen molar-refractivity contribution in [2.24, 2.45) is 0 Å². The number of hydrogen-bond donors (Lipinski definition) is 0. The van der Waals surface area contributed by atoms with Crippen LogP contribution in [0.3, 0.4) is 0 Å². The fourth-order valence-corrected chi connectivity index (χ4v) is 3.79. The zero-order chi connectivity index (χ0) is 17.9. The molecule has 0 radical (unpaired) electrons. The number of amides is 1. The van der Waals surface area contributed by atoms with Gasteiger partial charge in [-0.1, -0.05) is 18.2 Å². The molecule has 1 aromatic heterocycles. The molecule has 3 rings (SSSR count). The highest BCUT2D eigenvalue weighted by atomic mass is 32.2. The number of carbonyl (C=O) groups excluding carboxylic acids is 1. The molecule has 1 aliphatic rings. The lowest BCUT2D eigenvalue weighted by atomic mass is 10.1. The number of halogens is 3. The number of benzene rings is 1. The van der Waals surface area contributed by atoms with Gasteiger partial charge in [0.2, 0.25) is 5.91 Å². The summed E-state index contributed by atoms with van der Waals surface area (Å²) in [5.74, 6) is 0.223. The van der Waals surface area contributed by atoms with Crippen molar-refractivity contribution < 1.29 is 18.0 Å². The van der Waals surface area contributed by atoms with E-state index in [0.29, 0.717) is 19.4 Å². The average molecular weight is 369 g/mol. The molecule has 0 aliphatic carbocycles. The van der Waals surface area contributed by atoms with Crippen LogP contribution in [0.2, 0.25) is 0 Å². The van der Waals surface area contributed by atoms with Gasteiger partial charge < -0.3 is 4.90 Å². The van der Waals surface area contributed by atoms with Gasteiger partial charge in [0.15, 0.2) is 0 Å². The first-order chi connectivity index (χ1) is 11.9. The third-order valence-electron chi connectivity index (χ3n) is 4.16. The first-order valence-electron chi connectivity index (χ1n) is 8.01. The first-order valence-corrected chi connectivity index (χ1v) is 9.00. The third-order valence-corrected chi connectivity index (χ3v) is 5.16. The predicted octanol–water partition coefficient (Wildman–Crippen LogP) is 3.86. The van der Waals surface area contributed by atoms with Crippen molar-refractivity contribution in [1.82, 2.24) is 14.7 Å². The maximum absolute atomic E-state index is 13.1. The van der Waals surface area contributed by atoms with Crippen LogP contribution < -0.4 is 0 Å². The Bertz CT molecular complexity index is 717. The van der Waals surface area contributed by atoms with E-state index in [1.807, 2.05) is 30.3 Å². The molecule has 1 aromatic carbocycles. The SMILES string of the molecule is O=C(CSc1ccccc1)N1CCC[C@@H](n2nccc2C(F)(F)F)C1. The molecule has 1 saturated heterocycles. The van der Waals surface area contributed by atoms with Crippen molar-refractivity contribution in [1.29, 1.82) is 0 Å². The molecule has 1 aliphatic heterocycles. The summed E-state index contributed by atoms with van der Waals surface area (Å²) in [6, 6.07) is 10.1. The standard InChI is InChI=1S/C17H18F3N3OS/c18-17(19,20)15-8-9-21-23(15)13-5-4-10-22(11-13)16(24)12-25-14-6-2-1-3-7-14/h1-3,6-9,13H,4-5,10-12H2/t13-/m1/s1. The van der Waals surface area contributed by atoms with Crippen LogP contribution in [0.1, 0.15) is 24.6 Å². The number of piperidine rings is 1. The Morgan fingerprint density at radius 2 is 2.00 bits per heavy atom. The van der Waals surface area contributed by atoms with Gasteiger partial charge in [-0.15, -0.1) is 11.8 Å². The monoisotopic (exact) mass is 369 g/mol. The Labute approximate surface area is 148 Å². The Hall–Kier alpha value is -1.96. The molecule has 134 valence electrons. The maximum Gasteiger partial charge on any atom is 0.433 e. The van der Waals surface area contributed by atoms with E-state index in [1.165, 1.54) is 11.8 Å². The second-order valence-electron chi connectivity index (χ2n) is 5.90. The second-order valence-corrected chi connectivity index (χ2v) is 6.95. The van der Waals surface area contributed by atoms with Gasteiger partial charge >= 0.3 is 6.18 Å². The van der Waals surface area contributed by atoms with E-state index in [4.69, 9.17) is 0 Å². The Morgan fingerprint density at radius 3 is 2.72 bits per heavy atom. The zero-order valence-corrected chi connectivity index (χ0v) is 14.3. The first kappa shape index (κ1) is 17.8. The molecule has 1 atom stereocenters. The van der Waals surface area contributed by atoms with Crippen molar-refractivity contribution in [3.8, 4) is 0 Å². The summed E-state index contributed by atoms with van der Waals surface area (Å²) in [7, 11) is 0. The Morgan fingerprint density at radius 1 is 1.24 bits per heavy atom. The summed E-state index contributed by atoms with van der Waals surface area (Å²) in [6.45, 7) is 0.840. The number of thioether (sulfide) groups is 1. The summed E-state index contributed by atoms with van der Waals surface area (Å²) >= 11 is 1.43. The fourth-order valence-electron chi connectivity index (χ4n) is 2.96. The minimum Gasteiger partial charge on any atom is -0.340 e. The highest BCUT2D eigenvalue weighted by molar-refractivity contribution is 8.00. The van der Waals surface area contributed by atoms with Gasteiger partial charge in [-0.25, -0.2) is 0 Å². The highest BCUT2D eigenvalue weighted by Gasteiger charge is 2.37. The summed E-state index contributed by atoms with van der Waals surface area (Å²) in [6.07, 6.45) is -2.02. The minimum absolute atomic E-state index is 0.0562. The van der Waals surface area contributed by atoms with E-state index < -0.39 is 17.9 Å². The molecule has 0 saturated carbocycles. The number of aromatic nitrogens is 2. The van der Waals surface area contributed by atoms with Gasteiger partial charge in [-0.2, -0.15) is 18.3 Å². The summed E-state index contributed by atoms with van der Waals surface area (Å²) in [5.41, 5.74) is -0.759. The van der Waals surface area contributed by atoms with Crippen LogP contribution in [-0.2, 0) is 11.0 Å². The molecule has 1 fully saturated rings. The fraction of sp³-hybridized carbons (Fsp3) is 0.412. The van der Waals surface area contributed by atoms with Crippen LogP contribution in [0.15, 0.2) is 47.5 Å². The topological polar surface area (TPSA) is 38.1 Å². The number of nitrogens with zero attached hydrogens (tertiary/aromatic N) is 3. The van der Waals surface area contributed by atoms with Gasteiger partial charge in [0.25, 0.3) is 0 Å². The lowest BCUT2D eigenvalue weighted by Gasteiger charge is -2.33.